The number of rotatable bonds is 4. The Kier molecular flexibility index (Phi) is 6.20. The maximum absolute atomic E-state index is 12.7. The zero-order valence-electron chi connectivity index (χ0n) is 19.1. The van der Waals surface area contributed by atoms with E-state index in [1.807, 2.05) is 13.8 Å². The van der Waals surface area contributed by atoms with Gasteiger partial charge in [0.05, 0.1) is 17.9 Å². The molecule has 0 aromatic carbocycles. The van der Waals surface area contributed by atoms with E-state index in [2.05, 4.69) is 6.58 Å². The smallest absolute Gasteiger partial charge is 0.334 e. The average Bonchev–Trinajstić information content (AvgIpc) is 2.98. The molecule has 0 aromatic rings. The molecule has 0 amide bonds. The molecule has 0 radical (unpaired) electrons. The first-order valence-electron chi connectivity index (χ1n) is 10.8. The quantitative estimate of drug-likeness (QED) is 0.315. The fraction of sp³-hybridized carbons (Fsp3) is 0.625. The number of aliphatic hydroxyl groups excluding tert-OH is 1. The molecular weight excluding hydrogens is 400 g/mol. The summed E-state index contributed by atoms with van der Waals surface area (Å²) >= 11 is 0. The molecule has 7 heteroatoms. The molecule has 2 fully saturated rings. The number of ether oxygens (including phenoxy) is 3. The highest BCUT2D eigenvalue weighted by Gasteiger charge is 2.60. The van der Waals surface area contributed by atoms with E-state index in [4.69, 9.17) is 14.2 Å². The highest BCUT2D eigenvalue weighted by molar-refractivity contribution is 5.92. The molecule has 3 aliphatic rings. The fourth-order valence-electron chi connectivity index (χ4n) is 4.90. The van der Waals surface area contributed by atoms with E-state index in [0.29, 0.717) is 17.6 Å². The van der Waals surface area contributed by atoms with Crippen LogP contribution in [0.25, 0.3) is 0 Å². The number of aliphatic hydroxyl groups is 1. The van der Waals surface area contributed by atoms with Crippen LogP contribution in [0.4, 0.5) is 0 Å². The summed E-state index contributed by atoms with van der Waals surface area (Å²) in [5.74, 6) is -2.26. The summed E-state index contributed by atoms with van der Waals surface area (Å²) in [5, 5.41) is 11.1. The molecule has 0 aromatic heterocycles. The van der Waals surface area contributed by atoms with Gasteiger partial charge in [-0.05, 0) is 38.3 Å². The number of hydrogen-bond donors (Lipinski definition) is 1. The standard InChI is InChI=1S/C24H32O7/c1-8-12(4)22(27)31-20-18-14(6)23(28)30-16(18)10-24(7)17(25)9-15(13(5)19(20)24)29-21(26)11(2)3/h8,11,15-18,20,25H,6,9-10H2,1-5,7H3/b12-8+/t15-,16+,17-,18+,20-,24+/m0/s1. The van der Waals surface area contributed by atoms with E-state index in [1.165, 1.54) is 0 Å². The second-order valence-corrected chi connectivity index (χ2v) is 9.34. The van der Waals surface area contributed by atoms with E-state index >= 15 is 0 Å². The second kappa shape index (κ2) is 8.26. The summed E-state index contributed by atoms with van der Waals surface area (Å²) in [6, 6.07) is 0. The van der Waals surface area contributed by atoms with E-state index in [1.54, 1.807) is 33.8 Å². The minimum atomic E-state index is -0.867. The Bertz CT molecular complexity index is 880. The molecule has 1 heterocycles. The number of esters is 3. The van der Waals surface area contributed by atoms with Crippen molar-refractivity contribution in [3.8, 4) is 0 Å². The summed E-state index contributed by atoms with van der Waals surface area (Å²) in [6.07, 6.45) is -0.650. The molecule has 1 N–H and O–H groups in total. The van der Waals surface area contributed by atoms with Gasteiger partial charge in [0.1, 0.15) is 18.3 Å². The number of carbonyl (C=O) groups is 3. The van der Waals surface area contributed by atoms with Crippen LogP contribution in [0.1, 0.15) is 54.4 Å². The van der Waals surface area contributed by atoms with Crippen LogP contribution in [-0.2, 0) is 28.6 Å². The second-order valence-electron chi connectivity index (χ2n) is 9.34. The van der Waals surface area contributed by atoms with Gasteiger partial charge in [0, 0.05) is 23.0 Å². The van der Waals surface area contributed by atoms with Gasteiger partial charge in [-0.3, -0.25) is 4.79 Å². The van der Waals surface area contributed by atoms with Crippen molar-refractivity contribution < 1.29 is 33.7 Å². The maximum atomic E-state index is 12.7. The zero-order chi connectivity index (χ0) is 23.2. The molecule has 0 unspecified atom stereocenters. The lowest BCUT2D eigenvalue weighted by Gasteiger charge is -2.52. The van der Waals surface area contributed by atoms with Crippen LogP contribution in [0.15, 0.2) is 34.9 Å². The monoisotopic (exact) mass is 432 g/mol. The zero-order valence-corrected chi connectivity index (χ0v) is 19.1. The highest BCUT2D eigenvalue weighted by Crippen LogP contribution is 2.56. The van der Waals surface area contributed by atoms with Crippen molar-refractivity contribution in [3.05, 3.63) is 34.9 Å². The summed E-state index contributed by atoms with van der Waals surface area (Å²) in [4.78, 5) is 37.3. The van der Waals surface area contributed by atoms with Crippen LogP contribution < -0.4 is 0 Å². The third-order valence-corrected chi connectivity index (χ3v) is 6.97. The van der Waals surface area contributed by atoms with Gasteiger partial charge in [0.15, 0.2) is 0 Å². The van der Waals surface area contributed by atoms with Crippen LogP contribution in [0, 0.1) is 17.3 Å². The molecule has 6 atom stereocenters. The van der Waals surface area contributed by atoms with Crippen molar-refractivity contribution in [2.24, 2.45) is 17.3 Å². The molecule has 1 saturated heterocycles. The third kappa shape index (κ3) is 3.84. The van der Waals surface area contributed by atoms with Gasteiger partial charge in [-0.25, -0.2) is 9.59 Å². The molecule has 3 rings (SSSR count). The molecule has 170 valence electrons. The van der Waals surface area contributed by atoms with Gasteiger partial charge in [-0.2, -0.15) is 0 Å². The van der Waals surface area contributed by atoms with E-state index in [9.17, 15) is 19.5 Å². The van der Waals surface area contributed by atoms with Gasteiger partial charge >= 0.3 is 17.9 Å². The number of allylic oxidation sites excluding steroid dienone is 1. The van der Waals surface area contributed by atoms with Crippen molar-refractivity contribution in [2.75, 3.05) is 0 Å². The Morgan fingerprint density at radius 3 is 2.55 bits per heavy atom. The van der Waals surface area contributed by atoms with Gasteiger partial charge in [-0.1, -0.05) is 33.4 Å². The SMILES string of the molecule is C=C1C(=O)O[C@@H]2C[C@@]3(C)C(=C(C)[C@@H](OC(=O)C(C)C)C[C@@H]3O)[C@@H](OC(=O)/C(C)=C/C)[C@H]12. The lowest BCUT2D eigenvalue weighted by atomic mass is 9.57. The van der Waals surface area contributed by atoms with Crippen LogP contribution in [-0.4, -0.2) is 47.4 Å². The van der Waals surface area contributed by atoms with Crippen molar-refractivity contribution >= 4 is 17.9 Å². The lowest BCUT2D eigenvalue weighted by Crippen LogP contribution is -2.55. The van der Waals surface area contributed by atoms with Crippen molar-refractivity contribution in [1.29, 1.82) is 0 Å². The molecule has 0 bridgehead atoms. The summed E-state index contributed by atoms with van der Waals surface area (Å²) < 4.78 is 17.1. The molecule has 2 aliphatic carbocycles. The third-order valence-electron chi connectivity index (χ3n) is 6.97. The Morgan fingerprint density at radius 2 is 1.97 bits per heavy atom. The first-order chi connectivity index (χ1) is 14.4. The highest BCUT2D eigenvalue weighted by atomic mass is 16.6. The van der Waals surface area contributed by atoms with E-state index < -0.39 is 47.7 Å². The van der Waals surface area contributed by atoms with Crippen molar-refractivity contribution in [2.45, 2.75) is 78.8 Å². The van der Waals surface area contributed by atoms with Crippen LogP contribution in [0.3, 0.4) is 0 Å². The van der Waals surface area contributed by atoms with Gasteiger partial charge < -0.3 is 19.3 Å². The molecule has 1 aliphatic heterocycles. The van der Waals surface area contributed by atoms with Crippen molar-refractivity contribution in [3.63, 3.8) is 0 Å². The minimum absolute atomic E-state index is 0.227. The fourth-order valence-corrected chi connectivity index (χ4v) is 4.90. The molecule has 0 spiro atoms. The molecule has 31 heavy (non-hydrogen) atoms. The number of fused-ring (bicyclic) bond motifs is 2. The van der Waals surface area contributed by atoms with Crippen LogP contribution in [0.5, 0.6) is 0 Å². The summed E-state index contributed by atoms with van der Waals surface area (Å²) in [5.41, 5.74) is 1.30. The van der Waals surface area contributed by atoms with E-state index in [-0.39, 0.29) is 23.9 Å². The van der Waals surface area contributed by atoms with Gasteiger partial charge in [0.25, 0.3) is 0 Å². The average molecular weight is 433 g/mol. The Morgan fingerprint density at radius 1 is 1.32 bits per heavy atom. The largest absolute Gasteiger partial charge is 0.458 e. The Hall–Kier alpha value is -2.41. The van der Waals surface area contributed by atoms with E-state index in [0.717, 1.165) is 5.57 Å². The first kappa shape index (κ1) is 23.3. The summed E-state index contributed by atoms with van der Waals surface area (Å²) in [7, 11) is 0. The van der Waals surface area contributed by atoms with Crippen LogP contribution in [0.2, 0.25) is 0 Å². The Balaban J connectivity index is 2.12. The number of hydrogen-bond acceptors (Lipinski definition) is 7. The Labute approximate surface area is 183 Å². The predicted molar refractivity (Wildman–Crippen MR) is 113 cm³/mol. The topological polar surface area (TPSA) is 99.1 Å². The first-order valence-corrected chi connectivity index (χ1v) is 10.8. The maximum Gasteiger partial charge on any atom is 0.334 e. The van der Waals surface area contributed by atoms with Crippen molar-refractivity contribution in [1.82, 2.24) is 0 Å². The summed E-state index contributed by atoms with van der Waals surface area (Å²) in [6.45, 7) is 14.5. The molecular formula is C24H32O7. The number of carbonyl (C=O) groups excluding carboxylic acids is 3. The predicted octanol–water partition coefficient (Wildman–Crippen LogP) is 3.02. The molecule has 1 saturated carbocycles. The van der Waals surface area contributed by atoms with Gasteiger partial charge in [0.2, 0.25) is 0 Å². The normalized spacial score (nSPS) is 35.5. The van der Waals surface area contributed by atoms with Gasteiger partial charge in [-0.15, -0.1) is 0 Å². The molecule has 7 nitrogen and oxygen atoms in total. The van der Waals surface area contributed by atoms with Crippen LogP contribution >= 0.6 is 0 Å². The minimum Gasteiger partial charge on any atom is -0.458 e. The lowest BCUT2D eigenvalue weighted by molar-refractivity contribution is -0.161.